The molecule has 0 saturated carbocycles. The van der Waals surface area contributed by atoms with Crippen LogP contribution in [0.3, 0.4) is 0 Å². The van der Waals surface area contributed by atoms with E-state index in [4.69, 9.17) is 17.4 Å². The van der Waals surface area contributed by atoms with Crippen molar-refractivity contribution >= 4 is 29.3 Å². The van der Waals surface area contributed by atoms with Crippen LogP contribution >= 0.6 is 23.4 Å². The molecule has 4 nitrogen and oxygen atoms in total. The molecule has 1 aromatic carbocycles. The van der Waals surface area contributed by atoms with E-state index in [1.165, 1.54) is 11.8 Å². The Balaban J connectivity index is 2.24. The molecule has 2 aromatic rings. The van der Waals surface area contributed by atoms with Gasteiger partial charge in [0.15, 0.2) is 0 Å². The highest BCUT2D eigenvalue weighted by atomic mass is 35.5. The molecule has 1 aromatic heterocycles. The first-order valence-electron chi connectivity index (χ1n) is 4.51. The quantitative estimate of drug-likeness (QED) is 0.499. The third-order valence-electron chi connectivity index (χ3n) is 1.81. The number of nitrogens with one attached hydrogen (secondary N) is 1. The number of halogens is 1. The van der Waals surface area contributed by atoms with Gasteiger partial charge < -0.3 is 0 Å². The van der Waals surface area contributed by atoms with Gasteiger partial charge in [0.05, 0.1) is 5.02 Å². The third kappa shape index (κ3) is 2.63. The van der Waals surface area contributed by atoms with E-state index < -0.39 is 0 Å². The molecule has 1 heterocycles. The Labute approximate surface area is 102 Å². The Morgan fingerprint density at radius 3 is 2.81 bits per heavy atom. The van der Waals surface area contributed by atoms with Crippen LogP contribution in [0.4, 0.5) is 5.95 Å². The zero-order chi connectivity index (χ0) is 11.4. The van der Waals surface area contributed by atoms with Crippen LogP contribution < -0.4 is 11.3 Å². The molecule has 2 rings (SSSR count). The summed E-state index contributed by atoms with van der Waals surface area (Å²) in [5, 5.41) is 1.49. The zero-order valence-corrected chi connectivity index (χ0v) is 9.79. The van der Waals surface area contributed by atoms with E-state index in [-0.39, 0.29) is 0 Å². The molecule has 82 valence electrons. The molecule has 0 bridgehead atoms. The van der Waals surface area contributed by atoms with Crippen LogP contribution in [0.25, 0.3) is 0 Å². The van der Waals surface area contributed by atoms with Crippen molar-refractivity contribution in [2.24, 2.45) is 5.84 Å². The van der Waals surface area contributed by atoms with E-state index in [1.54, 1.807) is 12.3 Å². The number of anilines is 1. The molecular weight excluding hydrogens is 244 g/mol. The summed E-state index contributed by atoms with van der Waals surface area (Å²) in [6.45, 7) is 0. The molecule has 0 unspecified atom stereocenters. The first kappa shape index (κ1) is 11.2. The number of nitrogen functional groups attached to an aromatic ring is 1. The second-order valence-electron chi connectivity index (χ2n) is 2.90. The van der Waals surface area contributed by atoms with Gasteiger partial charge in [-0.25, -0.2) is 15.8 Å². The average molecular weight is 253 g/mol. The molecule has 3 N–H and O–H groups in total. The minimum atomic E-state index is 0.386. The lowest BCUT2D eigenvalue weighted by molar-refractivity contribution is 1.03. The van der Waals surface area contributed by atoms with Crippen molar-refractivity contribution in [2.75, 3.05) is 5.43 Å². The fourth-order valence-electron chi connectivity index (χ4n) is 1.11. The smallest absolute Gasteiger partial charge is 0.238 e. The zero-order valence-electron chi connectivity index (χ0n) is 8.22. The molecule has 0 fully saturated rings. The van der Waals surface area contributed by atoms with Crippen LogP contribution in [0.15, 0.2) is 46.5 Å². The molecule has 6 heteroatoms. The molecule has 0 aliphatic carbocycles. The predicted octanol–water partition coefficient (Wildman–Crippen LogP) is 2.57. The van der Waals surface area contributed by atoms with Gasteiger partial charge in [-0.3, -0.25) is 5.43 Å². The summed E-state index contributed by atoms with van der Waals surface area (Å²) in [4.78, 5) is 9.06. The van der Waals surface area contributed by atoms with Crippen molar-refractivity contribution in [3.05, 3.63) is 41.6 Å². The number of aromatic nitrogens is 2. The summed E-state index contributed by atoms with van der Waals surface area (Å²) in [5.41, 5.74) is 2.40. The number of rotatable bonds is 3. The van der Waals surface area contributed by atoms with Gasteiger partial charge in [-0.1, -0.05) is 35.5 Å². The summed E-state index contributed by atoms with van der Waals surface area (Å²) >= 11 is 7.51. The summed E-state index contributed by atoms with van der Waals surface area (Å²) in [6, 6.07) is 9.39. The summed E-state index contributed by atoms with van der Waals surface area (Å²) < 4.78 is 0. The number of hydrogen-bond donors (Lipinski definition) is 2. The highest BCUT2D eigenvalue weighted by Crippen LogP contribution is 2.31. The molecule has 0 aliphatic rings. The van der Waals surface area contributed by atoms with Crippen molar-refractivity contribution < 1.29 is 0 Å². The van der Waals surface area contributed by atoms with E-state index >= 15 is 0 Å². The minimum absolute atomic E-state index is 0.386. The van der Waals surface area contributed by atoms with Gasteiger partial charge in [0.2, 0.25) is 5.95 Å². The van der Waals surface area contributed by atoms with Crippen LogP contribution in [-0.2, 0) is 0 Å². The number of nitrogens with zero attached hydrogens (tertiary/aromatic N) is 2. The fourth-order valence-corrected chi connectivity index (χ4v) is 2.16. The molecule has 16 heavy (non-hydrogen) atoms. The van der Waals surface area contributed by atoms with E-state index in [1.807, 2.05) is 24.3 Å². The maximum atomic E-state index is 6.04. The standard InChI is InChI=1S/C10H9ClN4S/c11-7-3-1-2-4-8(7)16-9-5-6-13-10(14-9)15-12/h1-6H,12H2,(H,13,14,15). The molecule has 0 atom stereocenters. The van der Waals surface area contributed by atoms with Gasteiger partial charge in [-0.15, -0.1) is 0 Å². The SMILES string of the molecule is NNc1nccc(Sc2ccccc2Cl)n1. The van der Waals surface area contributed by atoms with Crippen molar-refractivity contribution in [2.45, 2.75) is 9.92 Å². The number of nitrogens with two attached hydrogens (primary N) is 1. The Morgan fingerprint density at radius 2 is 2.06 bits per heavy atom. The van der Waals surface area contributed by atoms with Crippen molar-refractivity contribution in [3.8, 4) is 0 Å². The average Bonchev–Trinajstić information content (AvgIpc) is 2.32. The lowest BCUT2D eigenvalue weighted by Crippen LogP contribution is -2.10. The lowest BCUT2D eigenvalue weighted by atomic mass is 10.4. The largest absolute Gasteiger partial charge is 0.292 e. The summed E-state index contributed by atoms with van der Waals surface area (Å²) in [7, 11) is 0. The Kier molecular flexibility index (Phi) is 3.61. The van der Waals surface area contributed by atoms with Crippen LogP contribution in [0.2, 0.25) is 5.02 Å². The Bertz CT molecular complexity index is 492. The number of hydrogen-bond acceptors (Lipinski definition) is 5. The minimum Gasteiger partial charge on any atom is -0.292 e. The maximum absolute atomic E-state index is 6.04. The number of hydrazine groups is 1. The van der Waals surface area contributed by atoms with Gasteiger partial charge in [-0.05, 0) is 18.2 Å². The second-order valence-corrected chi connectivity index (χ2v) is 4.36. The van der Waals surface area contributed by atoms with Crippen LogP contribution in [0, 0.1) is 0 Å². The monoisotopic (exact) mass is 252 g/mol. The Hall–Kier alpha value is -1.30. The highest BCUT2D eigenvalue weighted by molar-refractivity contribution is 7.99. The molecule has 0 aliphatic heterocycles. The first-order valence-corrected chi connectivity index (χ1v) is 5.71. The van der Waals surface area contributed by atoms with Gasteiger partial charge in [0.25, 0.3) is 0 Å². The van der Waals surface area contributed by atoms with Crippen molar-refractivity contribution in [1.29, 1.82) is 0 Å². The van der Waals surface area contributed by atoms with Crippen LogP contribution in [-0.4, -0.2) is 9.97 Å². The molecule has 0 saturated heterocycles. The van der Waals surface area contributed by atoms with Crippen LogP contribution in [0.5, 0.6) is 0 Å². The summed E-state index contributed by atoms with van der Waals surface area (Å²) in [6.07, 6.45) is 1.64. The van der Waals surface area contributed by atoms with Crippen molar-refractivity contribution in [3.63, 3.8) is 0 Å². The van der Waals surface area contributed by atoms with Crippen LogP contribution in [0.1, 0.15) is 0 Å². The van der Waals surface area contributed by atoms with E-state index in [0.29, 0.717) is 11.0 Å². The molecular formula is C10H9ClN4S. The normalized spacial score (nSPS) is 10.1. The van der Waals surface area contributed by atoms with E-state index in [0.717, 1.165) is 9.92 Å². The highest BCUT2D eigenvalue weighted by Gasteiger charge is 2.03. The van der Waals surface area contributed by atoms with E-state index in [9.17, 15) is 0 Å². The fraction of sp³-hybridized carbons (Fsp3) is 0. The topological polar surface area (TPSA) is 63.8 Å². The van der Waals surface area contributed by atoms with Gasteiger partial charge in [0.1, 0.15) is 5.03 Å². The van der Waals surface area contributed by atoms with Gasteiger partial charge in [0, 0.05) is 11.1 Å². The first-order chi connectivity index (χ1) is 7.79. The number of benzene rings is 1. The third-order valence-corrected chi connectivity index (χ3v) is 3.26. The van der Waals surface area contributed by atoms with E-state index in [2.05, 4.69) is 15.4 Å². The second kappa shape index (κ2) is 5.16. The molecule has 0 amide bonds. The summed E-state index contributed by atoms with van der Waals surface area (Å²) in [5.74, 6) is 5.62. The lowest BCUT2D eigenvalue weighted by Gasteiger charge is -2.04. The molecule has 0 radical (unpaired) electrons. The van der Waals surface area contributed by atoms with Gasteiger partial charge in [-0.2, -0.15) is 0 Å². The molecule has 0 spiro atoms. The van der Waals surface area contributed by atoms with Gasteiger partial charge >= 0.3 is 0 Å². The van der Waals surface area contributed by atoms with Crippen molar-refractivity contribution in [1.82, 2.24) is 9.97 Å². The maximum Gasteiger partial charge on any atom is 0.238 e. The Morgan fingerprint density at radius 1 is 1.25 bits per heavy atom. The predicted molar refractivity (Wildman–Crippen MR) is 65.4 cm³/mol.